The molecule has 2 aromatic carbocycles. The summed E-state index contributed by atoms with van der Waals surface area (Å²) in [6.07, 6.45) is 3.06. The molecule has 3 aliphatic rings. The highest BCUT2D eigenvalue weighted by atomic mass is 16.5. The van der Waals surface area contributed by atoms with E-state index in [9.17, 15) is 14.4 Å². The molecule has 0 aromatic heterocycles. The summed E-state index contributed by atoms with van der Waals surface area (Å²) in [5.74, 6) is 0.773. The van der Waals surface area contributed by atoms with Crippen molar-refractivity contribution >= 4 is 23.3 Å². The minimum atomic E-state index is -0.210. The number of methoxy groups -OCH3 is 1. The van der Waals surface area contributed by atoms with Gasteiger partial charge in [-0.25, -0.2) is 4.90 Å². The van der Waals surface area contributed by atoms with Crippen molar-refractivity contribution in [2.75, 3.05) is 18.6 Å². The van der Waals surface area contributed by atoms with Crippen LogP contribution in [0.4, 0.5) is 5.69 Å². The zero-order valence-corrected chi connectivity index (χ0v) is 16.7. The summed E-state index contributed by atoms with van der Waals surface area (Å²) < 4.78 is 11.0. The highest BCUT2D eigenvalue weighted by molar-refractivity contribution is 6.23. The molecule has 6 nitrogen and oxygen atoms in total. The smallest absolute Gasteiger partial charge is 0.238 e. The van der Waals surface area contributed by atoms with Gasteiger partial charge in [0.15, 0.2) is 12.4 Å². The van der Waals surface area contributed by atoms with Crippen LogP contribution in [-0.4, -0.2) is 31.3 Å². The number of hydrogen-bond donors (Lipinski definition) is 0. The molecule has 1 saturated heterocycles. The Balaban J connectivity index is 1.37. The lowest BCUT2D eigenvalue weighted by atomic mass is 9.81. The van der Waals surface area contributed by atoms with Crippen LogP contribution in [0.1, 0.15) is 29.6 Å². The number of ketones is 1. The molecule has 2 aromatic rings. The van der Waals surface area contributed by atoms with Crippen LogP contribution in [0.2, 0.25) is 0 Å². The van der Waals surface area contributed by atoms with Gasteiger partial charge in [-0.15, -0.1) is 0 Å². The molecule has 3 fully saturated rings. The predicted octanol–water partition coefficient (Wildman–Crippen LogP) is 3.49. The van der Waals surface area contributed by atoms with Crippen LogP contribution < -0.4 is 14.4 Å². The second-order valence-corrected chi connectivity index (χ2v) is 8.31. The molecule has 0 spiro atoms. The number of para-hydroxylation sites is 2. The molecule has 1 aliphatic heterocycles. The fourth-order valence-electron chi connectivity index (χ4n) is 5.43. The van der Waals surface area contributed by atoms with Crippen molar-refractivity contribution < 1.29 is 23.9 Å². The Morgan fingerprint density at radius 1 is 1.00 bits per heavy atom. The molecule has 1 heterocycles. The van der Waals surface area contributed by atoms with Crippen LogP contribution in [-0.2, 0) is 9.59 Å². The molecule has 2 amide bonds. The van der Waals surface area contributed by atoms with Gasteiger partial charge in [0.1, 0.15) is 11.5 Å². The number of fused-ring (bicyclic) bond motifs is 5. The summed E-state index contributed by atoms with van der Waals surface area (Å²) in [6.45, 7) is -0.196. The number of rotatable bonds is 6. The Labute approximate surface area is 174 Å². The second kappa shape index (κ2) is 7.27. The third-order valence-corrected chi connectivity index (χ3v) is 6.78. The second-order valence-electron chi connectivity index (χ2n) is 8.31. The van der Waals surface area contributed by atoms with E-state index in [0.29, 0.717) is 34.6 Å². The number of hydrogen-bond acceptors (Lipinski definition) is 5. The summed E-state index contributed by atoms with van der Waals surface area (Å²) in [4.78, 5) is 40.1. The Morgan fingerprint density at radius 3 is 2.40 bits per heavy atom. The standard InChI is InChI=1S/C24H23NO5/c1-29-17-6-4-5-14(12-17)19(26)13-30-20-8-3-2-7-18(20)25-23(27)21-15-9-10-16(11-15)22(21)24(25)28/h2-8,12,15-16,21-22H,9-11,13H2,1H3/t15-,16-,21+,22+/m0/s1. The Hall–Kier alpha value is -3.15. The maximum absolute atomic E-state index is 13.1. The van der Waals surface area contributed by atoms with E-state index in [4.69, 9.17) is 9.47 Å². The number of anilines is 1. The van der Waals surface area contributed by atoms with E-state index in [1.54, 1.807) is 55.6 Å². The molecular formula is C24H23NO5. The zero-order valence-electron chi connectivity index (χ0n) is 16.7. The molecule has 0 N–H and O–H groups in total. The van der Waals surface area contributed by atoms with Crippen LogP contribution in [0, 0.1) is 23.7 Å². The van der Waals surface area contributed by atoms with Crippen molar-refractivity contribution in [3.8, 4) is 11.5 Å². The lowest BCUT2D eigenvalue weighted by Gasteiger charge is -2.20. The van der Waals surface area contributed by atoms with E-state index in [1.165, 1.54) is 4.90 Å². The number of carbonyl (C=O) groups excluding carboxylic acids is 3. The molecule has 30 heavy (non-hydrogen) atoms. The van der Waals surface area contributed by atoms with Crippen LogP contribution in [0.3, 0.4) is 0 Å². The Bertz CT molecular complexity index is 1000. The Morgan fingerprint density at radius 2 is 1.70 bits per heavy atom. The van der Waals surface area contributed by atoms with Crippen LogP contribution >= 0.6 is 0 Å². The van der Waals surface area contributed by atoms with E-state index in [0.717, 1.165) is 19.3 Å². The molecule has 2 aliphatic carbocycles. The van der Waals surface area contributed by atoms with Gasteiger partial charge in [-0.05, 0) is 55.4 Å². The monoisotopic (exact) mass is 405 g/mol. The largest absolute Gasteiger partial charge is 0.497 e. The van der Waals surface area contributed by atoms with Crippen molar-refractivity contribution in [3.63, 3.8) is 0 Å². The Kier molecular flexibility index (Phi) is 4.57. The van der Waals surface area contributed by atoms with Gasteiger partial charge in [-0.1, -0.05) is 24.3 Å². The third kappa shape index (κ3) is 2.90. The summed E-state index contributed by atoms with van der Waals surface area (Å²) in [6, 6.07) is 13.8. The van der Waals surface area contributed by atoms with E-state index < -0.39 is 0 Å². The van der Waals surface area contributed by atoms with Crippen molar-refractivity contribution in [3.05, 3.63) is 54.1 Å². The van der Waals surface area contributed by atoms with E-state index >= 15 is 0 Å². The number of imide groups is 1. The first-order chi connectivity index (χ1) is 14.6. The molecule has 5 rings (SSSR count). The van der Waals surface area contributed by atoms with Gasteiger partial charge in [0.05, 0.1) is 24.6 Å². The van der Waals surface area contributed by atoms with Crippen molar-refractivity contribution in [2.24, 2.45) is 23.7 Å². The summed E-state index contributed by atoms with van der Waals surface area (Å²) in [5.41, 5.74) is 0.908. The summed E-state index contributed by atoms with van der Waals surface area (Å²) in [7, 11) is 1.54. The van der Waals surface area contributed by atoms with Gasteiger partial charge in [0, 0.05) is 5.56 Å². The lowest BCUT2D eigenvalue weighted by Crippen LogP contribution is -2.33. The minimum absolute atomic E-state index is 0.118. The fourth-order valence-corrected chi connectivity index (χ4v) is 5.43. The number of amides is 2. The SMILES string of the molecule is COc1cccc(C(=O)COc2ccccc2N2C(=O)[C@@H]3[C@H]4CC[C@@H](C4)[C@H]3C2=O)c1. The van der Waals surface area contributed by atoms with Crippen molar-refractivity contribution in [1.29, 1.82) is 0 Å². The minimum Gasteiger partial charge on any atom is -0.497 e. The molecule has 6 heteroatoms. The van der Waals surface area contributed by atoms with Gasteiger partial charge >= 0.3 is 0 Å². The first-order valence-corrected chi connectivity index (χ1v) is 10.4. The number of nitrogens with zero attached hydrogens (tertiary/aromatic N) is 1. The predicted molar refractivity (Wildman–Crippen MR) is 110 cm³/mol. The fraction of sp³-hybridized carbons (Fsp3) is 0.375. The summed E-state index contributed by atoms with van der Waals surface area (Å²) >= 11 is 0. The maximum Gasteiger partial charge on any atom is 0.238 e. The number of benzene rings is 2. The average molecular weight is 405 g/mol. The molecule has 154 valence electrons. The van der Waals surface area contributed by atoms with Crippen molar-refractivity contribution in [2.45, 2.75) is 19.3 Å². The van der Waals surface area contributed by atoms with Crippen LogP contribution in [0.15, 0.2) is 48.5 Å². The van der Waals surface area contributed by atoms with Crippen molar-refractivity contribution in [1.82, 2.24) is 0 Å². The molecular weight excluding hydrogens is 382 g/mol. The highest BCUT2D eigenvalue weighted by Crippen LogP contribution is 2.57. The van der Waals surface area contributed by atoms with Gasteiger partial charge in [-0.3, -0.25) is 14.4 Å². The summed E-state index contributed by atoms with van der Waals surface area (Å²) in [5, 5.41) is 0. The number of Topliss-reactive ketones (excluding diaryl/α,β-unsaturated/α-hetero) is 1. The first kappa shape index (κ1) is 18.9. The van der Waals surface area contributed by atoms with E-state index in [2.05, 4.69) is 0 Å². The lowest BCUT2D eigenvalue weighted by molar-refractivity contribution is -0.123. The van der Waals surface area contributed by atoms with E-state index in [-0.39, 0.29) is 36.0 Å². The molecule has 0 radical (unpaired) electrons. The first-order valence-electron chi connectivity index (χ1n) is 10.4. The molecule has 2 saturated carbocycles. The quantitative estimate of drug-likeness (QED) is 0.543. The van der Waals surface area contributed by atoms with Crippen LogP contribution in [0.5, 0.6) is 11.5 Å². The molecule has 2 bridgehead atoms. The average Bonchev–Trinajstić information content (AvgIpc) is 3.46. The number of ether oxygens (including phenoxy) is 2. The van der Waals surface area contributed by atoms with Gasteiger partial charge in [0.2, 0.25) is 11.8 Å². The molecule has 4 atom stereocenters. The van der Waals surface area contributed by atoms with Crippen LogP contribution in [0.25, 0.3) is 0 Å². The zero-order chi connectivity index (χ0) is 20.8. The van der Waals surface area contributed by atoms with Gasteiger partial charge in [-0.2, -0.15) is 0 Å². The number of carbonyl (C=O) groups is 3. The molecule has 0 unspecified atom stereocenters. The normalized spacial score (nSPS) is 26.8. The van der Waals surface area contributed by atoms with Gasteiger partial charge < -0.3 is 9.47 Å². The van der Waals surface area contributed by atoms with E-state index in [1.807, 2.05) is 0 Å². The topological polar surface area (TPSA) is 72.9 Å². The third-order valence-electron chi connectivity index (χ3n) is 6.78. The van der Waals surface area contributed by atoms with Gasteiger partial charge in [0.25, 0.3) is 0 Å². The highest BCUT2D eigenvalue weighted by Gasteiger charge is 2.61. The maximum atomic E-state index is 13.1.